The number of nitrogens with zero attached hydrogens (tertiary/aromatic N) is 3. The first-order valence-corrected chi connectivity index (χ1v) is 13.9. The van der Waals surface area contributed by atoms with Crippen LogP contribution >= 0.6 is 0 Å². The third kappa shape index (κ3) is 5.47. The first-order chi connectivity index (χ1) is 18.8. The zero-order valence-corrected chi connectivity index (χ0v) is 22.3. The van der Waals surface area contributed by atoms with Gasteiger partial charge in [0.15, 0.2) is 0 Å². The molecule has 5 rings (SSSR count). The van der Waals surface area contributed by atoms with Crippen molar-refractivity contribution in [2.75, 3.05) is 13.7 Å². The van der Waals surface area contributed by atoms with E-state index >= 15 is 0 Å². The Morgan fingerprint density at radius 3 is 2.56 bits per heavy atom. The van der Waals surface area contributed by atoms with E-state index in [4.69, 9.17) is 15.9 Å². The monoisotopic (exact) mass is 543 g/mol. The van der Waals surface area contributed by atoms with Crippen molar-refractivity contribution in [1.82, 2.24) is 14.2 Å². The van der Waals surface area contributed by atoms with Crippen LogP contribution in [0.2, 0.25) is 0 Å². The number of carbonyl (C=O) groups excluding carboxylic acids is 1. The van der Waals surface area contributed by atoms with Crippen LogP contribution in [0.1, 0.15) is 23.2 Å². The average Bonchev–Trinajstić information content (AvgIpc) is 3.30. The second-order valence-corrected chi connectivity index (χ2v) is 11.3. The standard InChI is InChI=1S/C29H29N5O4S/c1-38-24-9-7-22-8-10-25(17-23(22)16-24)39(36,37)34(19-20-5-3-2-4-6-20)27-12-14-33(29(27)35)18-21-11-13-32-26(15-21)28(30)31/h2-11,13,15-17,27H,12,14,18-19H2,1H3,(H3,30,31). The van der Waals surface area contributed by atoms with Crippen LogP contribution in [-0.4, -0.2) is 54.0 Å². The number of ether oxygens (including phenoxy) is 1. The summed E-state index contributed by atoms with van der Waals surface area (Å²) in [6.45, 7) is 0.734. The molecule has 0 bridgehead atoms. The van der Waals surface area contributed by atoms with Crippen molar-refractivity contribution in [3.8, 4) is 5.75 Å². The molecule has 0 radical (unpaired) electrons. The van der Waals surface area contributed by atoms with Gasteiger partial charge in [0.05, 0.1) is 12.0 Å². The molecule has 200 valence electrons. The van der Waals surface area contributed by atoms with Crippen molar-refractivity contribution >= 4 is 32.5 Å². The number of amidine groups is 1. The summed E-state index contributed by atoms with van der Waals surface area (Å²) < 4.78 is 34.9. The number of nitrogens with one attached hydrogen (secondary N) is 1. The van der Waals surface area contributed by atoms with Crippen molar-refractivity contribution < 1.29 is 17.9 Å². The highest BCUT2D eigenvalue weighted by Gasteiger charge is 2.42. The summed E-state index contributed by atoms with van der Waals surface area (Å²) >= 11 is 0. The van der Waals surface area contributed by atoms with Gasteiger partial charge in [0, 0.05) is 25.8 Å². The fraction of sp³-hybridized carbons (Fsp3) is 0.207. The quantitative estimate of drug-likeness (QED) is 0.245. The second kappa shape index (κ2) is 10.8. The van der Waals surface area contributed by atoms with Crippen molar-refractivity contribution in [3.05, 3.63) is 102 Å². The molecule has 1 aliphatic heterocycles. The largest absolute Gasteiger partial charge is 0.497 e. The van der Waals surface area contributed by atoms with E-state index in [0.29, 0.717) is 24.4 Å². The molecule has 0 aliphatic carbocycles. The van der Waals surface area contributed by atoms with E-state index in [9.17, 15) is 13.2 Å². The van der Waals surface area contributed by atoms with Gasteiger partial charge in [0.2, 0.25) is 15.9 Å². The molecular formula is C29H29N5O4S. The molecule has 9 nitrogen and oxygen atoms in total. The lowest BCUT2D eigenvalue weighted by Crippen LogP contribution is -2.44. The Bertz CT molecular complexity index is 1640. The van der Waals surface area contributed by atoms with E-state index < -0.39 is 16.1 Å². The zero-order chi connectivity index (χ0) is 27.6. The smallest absolute Gasteiger partial charge is 0.244 e. The maximum Gasteiger partial charge on any atom is 0.244 e. The number of amides is 1. The molecular weight excluding hydrogens is 514 g/mol. The predicted molar refractivity (Wildman–Crippen MR) is 149 cm³/mol. The number of likely N-dealkylation sites (tertiary alicyclic amines) is 1. The molecule has 0 spiro atoms. The summed E-state index contributed by atoms with van der Waals surface area (Å²) in [5, 5.41) is 9.24. The normalized spacial score (nSPS) is 15.7. The Hall–Kier alpha value is -4.28. The van der Waals surface area contributed by atoms with Gasteiger partial charge in [-0.25, -0.2) is 8.42 Å². The van der Waals surface area contributed by atoms with Crippen molar-refractivity contribution in [3.63, 3.8) is 0 Å². The van der Waals surface area contributed by atoms with E-state index in [2.05, 4.69) is 4.98 Å². The summed E-state index contributed by atoms with van der Waals surface area (Å²) in [5.74, 6) is 0.206. The summed E-state index contributed by atoms with van der Waals surface area (Å²) in [4.78, 5) is 19.5. The molecule has 1 amide bonds. The van der Waals surface area contributed by atoms with Crippen LogP contribution in [0.15, 0.2) is 90.0 Å². The second-order valence-electron chi connectivity index (χ2n) is 9.44. The van der Waals surface area contributed by atoms with Gasteiger partial charge in [-0.1, -0.05) is 42.5 Å². The van der Waals surface area contributed by atoms with Crippen LogP contribution in [0.5, 0.6) is 5.75 Å². The number of nitrogens with two attached hydrogens (primary N) is 1. The minimum atomic E-state index is -4.05. The van der Waals surface area contributed by atoms with Gasteiger partial charge in [-0.05, 0) is 64.7 Å². The van der Waals surface area contributed by atoms with E-state index in [0.717, 1.165) is 21.9 Å². The van der Waals surface area contributed by atoms with E-state index in [-0.39, 0.29) is 29.7 Å². The molecule has 2 heterocycles. The number of hydrogen-bond donors (Lipinski definition) is 2. The SMILES string of the molecule is COc1ccc2ccc(S(=O)(=O)N(Cc3ccccc3)C3CCN(Cc4ccnc(C(=N)N)c4)C3=O)cc2c1. The Labute approximate surface area is 227 Å². The Kier molecular flexibility index (Phi) is 7.32. The molecule has 1 saturated heterocycles. The van der Waals surface area contributed by atoms with Crippen LogP contribution in [-0.2, 0) is 27.9 Å². The first-order valence-electron chi connectivity index (χ1n) is 12.5. The number of aromatic nitrogens is 1. The number of pyridine rings is 1. The highest BCUT2D eigenvalue weighted by molar-refractivity contribution is 7.89. The van der Waals surface area contributed by atoms with Gasteiger partial charge in [0.25, 0.3) is 0 Å². The lowest BCUT2D eigenvalue weighted by Gasteiger charge is -2.28. The Morgan fingerprint density at radius 1 is 1.05 bits per heavy atom. The molecule has 39 heavy (non-hydrogen) atoms. The first kappa shape index (κ1) is 26.3. The van der Waals surface area contributed by atoms with Gasteiger partial charge in [-0.2, -0.15) is 4.31 Å². The molecule has 1 unspecified atom stereocenters. The van der Waals surface area contributed by atoms with Gasteiger partial charge >= 0.3 is 0 Å². The van der Waals surface area contributed by atoms with Crippen LogP contribution in [0.3, 0.4) is 0 Å². The van der Waals surface area contributed by atoms with Gasteiger partial charge in [-0.3, -0.25) is 15.2 Å². The third-order valence-electron chi connectivity index (χ3n) is 6.90. The molecule has 10 heteroatoms. The number of benzene rings is 3. The lowest BCUT2D eigenvalue weighted by atomic mass is 10.1. The fourth-order valence-electron chi connectivity index (χ4n) is 4.84. The number of hydrogen-bond acceptors (Lipinski definition) is 6. The number of sulfonamides is 1. The number of nitrogen functional groups attached to an aromatic ring is 1. The molecule has 3 N–H and O–H groups in total. The van der Waals surface area contributed by atoms with Crippen LogP contribution < -0.4 is 10.5 Å². The van der Waals surface area contributed by atoms with Crippen molar-refractivity contribution in [2.45, 2.75) is 30.4 Å². The molecule has 1 aromatic heterocycles. The highest BCUT2D eigenvalue weighted by atomic mass is 32.2. The lowest BCUT2D eigenvalue weighted by molar-refractivity contribution is -0.131. The predicted octanol–water partition coefficient (Wildman–Crippen LogP) is 3.52. The van der Waals surface area contributed by atoms with Crippen LogP contribution in [0, 0.1) is 5.41 Å². The average molecular weight is 544 g/mol. The fourth-order valence-corrected chi connectivity index (χ4v) is 6.48. The summed E-state index contributed by atoms with van der Waals surface area (Å²) in [6.07, 6.45) is 1.90. The number of methoxy groups -OCH3 is 1. The van der Waals surface area contributed by atoms with Crippen LogP contribution in [0.4, 0.5) is 0 Å². The minimum absolute atomic E-state index is 0.0628. The Morgan fingerprint density at radius 2 is 1.82 bits per heavy atom. The van der Waals surface area contributed by atoms with Crippen molar-refractivity contribution in [1.29, 1.82) is 5.41 Å². The van der Waals surface area contributed by atoms with E-state index in [1.165, 1.54) is 4.31 Å². The topological polar surface area (TPSA) is 130 Å². The summed E-state index contributed by atoms with van der Waals surface area (Å²) in [5.41, 5.74) is 7.45. The van der Waals surface area contributed by atoms with E-state index in [1.54, 1.807) is 54.6 Å². The van der Waals surface area contributed by atoms with Gasteiger partial charge < -0.3 is 15.4 Å². The highest BCUT2D eigenvalue weighted by Crippen LogP contribution is 2.30. The zero-order valence-electron chi connectivity index (χ0n) is 21.4. The molecule has 0 saturated carbocycles. The molecule has 3 aromatic carbocycles. The molecule has 1 aliphatic rings. The summed E-state index contributed by atoms with van der Waals surface area (Å²) in [6, 6.07) is 22.3. The van der Waals surface area contributed by atoms with Gasteiger partial charge in [-0.15, -0.1) is 0 Å². The number of rotatable bonds is 9. The molecule has 4 aromatic rings. The Balaban J connectivity index is 1.48. The van der Waals surface area contributed by atoms with E-state index in [1.807, 2.05) is 42.5 Å². The minimum Gasteiger partial charge on any atom is -0.497 e. The van der Waals surface area contributed by atoms with Crippen LogP contribution in [0.25, 0.3) is 10.8 Å². The summed E-state index contributed by atoms with van der Waals surface area (Å²) in [7, 11) is -2.49. The number of carbonyl (C=O) groups is 1. The molecule has 1 atom stereocenters. The van der Waals surface area contributed by atoms with Gasteiger partial charge in [0.1, 0.15) is 23.3 Å². The maximum atomic E-state index is 14.1. The third-order valence-corrected chi connectivity index (χ3v) is 8.75. The van der Waals surface area contributed by atoms with Crippen molar-refractivity contribution in [2.24, 2.45) is 5.73 Å². The number of fused-ring (bicyclic) bond motifs is 1. The molecule has 1 fully saturated rings. The maximum absolute atomic E-state index is 14.1.